The molecule has 0 aliphatic rings. The van der Waals surface area contributed by atoms with Gasteiger partial charge in [-0.05, 0) is 19.9 Å². The van der Waals surface area contributed by atoms with Crippen molar-refractivity contribution in [2.45, 2.75) is 39.2 Å². The molecule has 1 rings (SSSR count). The molecule has 0 amide bonds. The van der Waals surface area contributed by atoms with Crippen molar-refractivity contribution in [3.05, 3.63) is 18.7 Å². The van der Waals surface area contributed by atoms with Crippen molar-refractivity contribution in [2.75, 3.05) is 7.05 Å². The highest BCUT2D eigenvalue weighted by Gasteiger charge is 1.97. The minimum atomic E-state index is 1.17. The Morgan fingerprint density at radius 3 is 2.31 bits per heavy atom. The van der Waals surface area contributed by atoms with Crippen molar-refractivity contribution in [1.82, 2.24) is 4.57 Å². The Morgan fingerprint density at radius 1 is 1.25 bits per heavy atom. The van der Waals surface area contributed by atoms with Gasteiger partial charge < -0.3 is 10.5 Å². The van der Waals surface area contributed by atoms with Gasteiger partial charge in [-0.15, -0.1) is 0 Å². The van der Waals surface area contributed by atoms with E-state index < -0.39 is 0 Å². The largest absolute Gasteiger partial charge is 0.333 e. The van der Waals surface area contributed by atoms with Crippen LogP contribution in [0.25, 0.3) is 0 Å². The summed E-state index contributed by atoms with van der Waals surface area (Å²) in [4.78, 5) is 8.00. The number of hydrogen-bond donors (Lipinski definition) is 1. The standard InChI is InChI=1S/C10H19N2.CH5N.CH2O/c1-3-4-5-6-7-12-9-8-11(2)10-12;2*1-2/h8-10H,3-7H2,1-2H3;2H2,1H3;1H2/q+1;;. The monoisotopic (exact) mass is 228 g/mol. The van der Waals surface area contributed by atoms with Gasteiger partial charge in [0, 0.05) is 0 Å². The number of aryl methyl sites for hydroxylation is 2. The molecule has 0 aliphatic carbocycles. The minimum Gasteiger partial charge on any atom is -0.333 e. The number of nitrogens with zero attached hydrogens (tertiary/aromatic N) is 2. The van der Waals surface area contributed by atoms with E-state index in [0.29, 0.717) is 0 Å². The summed E-state index contributed by atoms with van der Waals surface area (Å²) in [6.07, 6.45) is 11.7. The smallest absolute Gasteiger partial charge is 0.243 e. The van der Waals surface area contributed by atoms with Gasteiger partial charge in [-0.1, -0.05) is 19.8 Å². The maximum Gasteiger partial charge on any atom is 0.243 e. The second-order valence-electron chi connectivity index (χ2n) is 3.38. The summed E-state index contributed by atoms with van der Waals surface area (Å²) in [6.45, 7) is 5.41. The number of nitrogens with two attached hydrogens (primary N) is 1. The predicted octanol–water partition coefficient (Wildman–Crippen LogP) is 1.28. The number of carbonyl (C=O) groups is 1. The predicted molar refractivity (Wildman–Crippen MR) is 67.0 cm³/mol. The summed E-state index contributed by atoms with van der Waals surface area (Å²) < 4.78 is 4.33. The lowest BCUT2D eigenvalue weighted by molar-refractivity contribution is -0.671. The molecule has 0 saturated heterocycles. The lowest BCUT2D eigenvalue weighted by Crippen LogP contribution is -2.23. The van der Waals surface area contributed by atoms with E-state index in [2.05, 4.69) is 47.6 Å². The van der Waals surface area contributed by atoms with E-state index >= 15 is 0 Å². The van der Waals surface area contributed by atoms with Gasteiger partial charge in [-0.3, -0.25) is 0 Å². The van der Waals surface area contributed by atoms with E-state index in [1.807, 2.05) is 6.79 Å². The molecule has 4 heteroatoms. The van der Waals surface area contributed by atoms with Crippen molar-refractivity contribution in [1.29, 1.82) is 0 Å². The van der Waals surface area contributed by atoms with E-state index in [-0.39, 0.29) is 0 Å². The van der Waals surface area contributed by atoms with Crippen molar-refractivity contribution in [3.63, 3.8) is 0 Å². The molecule has 0 saturated carbocycles. The van der Waals surface area contributed by atoms with E-state index in [9.17, 15) is 0 Å². The maximum absolute atomic E-state index is 8.00. The number of unbranched alkanes of at least 4 members (excludes halogenated alkanes) is 3. The van der Waals surface area contributed by atoms with Gasteiger partial charge in [0.15, 0.2) is 0 Å². The Bertz CT molecular complexity index is 236. The zero-order chi connectivity index (χ0) is 12.8. The van der Waals surface area contributed by atoms with Crippen LogP contribution in [0.3, 0.4) is 0 Å². The molecule has 94 valence electrons. The summed E-state index contributed by atoms with van der Waals surface area (Å²) in [7, 11) is 3.56. The van der Waals surface area contributed by atoms with Crippen LogP contribution in [0, 0.1) is 0 Å². The first-order chi connectivity index (χ1) is 7.83. The highest BCUT2D eigenvalue weighted by molar-refractivity contribution is 5.10. The Hall–Kier alpha value is -1.16. The van der Waals surface area contributed by atoms with Gasteiger partial charge in [0.2, 0.25) is 6.33 Å². The SMILES string of the molecule is C=O.CCCCCCn1cc[n+](C)c1.CN. The lowest BCUT2D eigenvalue weighted by Gasteiger charge is -1.95. The molecular weight excluding hydrogens is 202 g/mol. The van der Waals surface area contributed by atoms with Crippen molar-refractivity contribution in [3.8, 4) is 0 Å². The molecule has 0 atom stereocenters. The van der Waals surface area contributed by atoms with Crippen LogP contribution >= 0.6 is 0 Å². The van der Waals surface area contributed by atoms with Crippen LogP contribution in [0.1, 0.15) is 32.6 Å². The van der Waals surface area contributed by atoms with Gasteiger partial charge in [0.05, 0.1) is 13.6 Å². The summed E-state index contributed by atoms with van der Waals surface area (Å²) >= 11 is 0. The van der Waals surface area contributed by atoms with Gasteiger partial charge in [-0.25, -0.2) is 9.13 Å². The molecule has 16 heavy (non-hydrogen) atoms. The Morgan fingerprint density at radius 2 is 1.88 bits per heavy atom. The molecule has 1 aromatic heterocycles. The first kappa shape index (κ1) is 17.2. The van der Waals surface area contributed by atoms with Crippen LogP contribution in [0.2, 0.25) is 0 Å². The van der Waals surface area contributed by atoms with Gasteiger partial charge in [-0.2, -0.15) is 0 Å². The summed E-state index contributed by atoms with van der Waals surface area (Å²) in [6, 6.07) is 0. The Balaban J connectivity index is 0. The number of hydrogen-bond acceptors (Lipinski definition) is 2. The van der Waals surface area contributed by atoms with Crippen molar-refractivity contribution >= 4 is 6.79 Å². The van der Waals surface area contributed by atoms with Crippen LogP contribution in [0.4, 0.5) is 0 Å². The topological polar surface area (TPSA) is 51.9 Å². The second kappa shape index (κ2) is 13.8. The fraction of sp³-hybridized carbons (Fsp3) is 0.667. The van der Waals surface area contributed by atoms with E-state index in [0.717, 1.165) is 0 Å². The molecule has 1 heterocycles. The molecule has 1 aromatic rings. The Kier molecular flexibility index (Phi) is 14.9. The number of imidazole rings is 1. The minimum absolute atomic E-state index is 1.17. The zero-order valence-electron chi connectivity index (χ0n) is 10.9. The average molecular weight is 228 g/mol. The maximum atomic E-state index is 8.00. The highest BCUT2D eigenvalue weighted by atomic mass is 16.1. The molecule has 0 fully saturated rings. The molecular formula is C12H26N3O+. The number of carbonyl (C=O) groups excluding carboxylic acids is 1. The van der Waals surface area contributed by atoms with Crippen molar-refractivity contribution < 1.29 is 9.36 Å². The third-order valence-corrected chi connectivity index (χ3v) is 2.09. The molecule has 0 bridgehead atoms. The average Bonchev–Trinajstić information content (AvgIpc) is 2.76. The number of aromatic nitrogens is 2. The zero-order valence-corrected chi connectivity index (χ0v) is 10.9. The fourth-order valence-electron chi connectivity index (χ4n) is 1.36. The fourth-order valence-corrected chi connectivity index (χ4v) is 1.36. The second-order valence-corrected chi connectivity index (χ2v) is 3.38. The van der Waals surface area contributed by atoms with E-state index in [1.54, 1.807) is 0 Å². The number of rotatable bonds is 5. The third kappa shape index (κ3) is 9.40. The Labute approximate surface area is 99.1 Å². The van der Waals surface area contributed by atoms with Crippen LogP contribution in [0.15, 0.2) is 18.7 Å². The van der Waals surface area contributed by atoms with E-state index in [1.165, 1.54) is 39.3 Å². The molecule has 0 unspecified atom stereocenters. The lowest BCUT2D eigenvalue weighted by atomic mass is 10.2. The van der Waals surface area contributed by atoms with E-state index in [4.69, 9.17) is 4.79 Å². The quantitative estimate of drug-likeness (QED) is 0.610. The highest BCUT2D eigenvalue weighted by Crippen LogP contribution is 2.00. The van der Waals surface area contributed by atoms with Gasteiger partial charge in [0.25, 0.3) is 0 Å². The van der Waals surface area contributed by atoms with Crippen LogP contribution in [-0.4, -0.2) is 18.4 Å². The summed E-state index contributed by atoms with van der Waals surface area (Å²) in [5, 5.41) is 0. The molecule has 0 radical (unpaired) electrons. The normalized spacial score (nSPS) is 8.50. The first-order valence-corrected chi connectivity index (χ1v) is 5.70. The first-order valence-electron chi connectivity index (χ1n) is 5.70. The van der Waals surface area contributed by atoms with Crippen molar-refractivity contribution in [2.24, 2.45) is 12.8 Å². The third-order valence-electron chi connectivity index (χ3n) is 2.09. The van der Waals surface area contributed by atoms with Crippen LogP contribution in [-0.2, 0) is 18.4 Å². The molecule has 0 spiro atoms. The molecule has 0 aliphatic heterocycles. The van der Waals surface area contributed by atoms with Gasteiger partial charge in [0.1, 0.15) is 19.2 Å². The molecule has 4 nitrogen and oxygen atoms in total. The van der Waals surface area contributed by atoms with Gasteiger partial charge >= 0.3 is 0 Å². The summed E-state index contributed by atoms with van der Waals surface area (Å²) in [5.41, 5.74) is 4.50. The molecule has 0 aromatic carbocycles. The van der Waals surface area contributed by atoms with Crippen LogP contribution in [0.5, 0.6) is 0 Å². The van der Waals surface area contributed by atoms with Crippen LogP contribution < -0.4 is 10.3 Å². The molecule has 2 N–H and O–H groups in total. The summed E-state index contributed by atoms with van der Waals surface area (Å²) in [5.74, 6) is 0.